The van der Waals surface area contributed by atoms with E-state index >= 15 is 0 Å². The number of hydrogen-bond donors (Lipinski definition) is 2. The highest BCUT2D eigenvalue weighted by Crippen LogP contribution is 2.27. The van der Waals surface area contributed by atoms with Crippen molar-refractivity contribution < 1.29 is 27.5 Å². The molecular formula is C25H33N3O6S. The number of methoxy groups -OCH3 is 2. The van der Waals surface area contributed by atoms with Crippen molar-refractivity contribution >= 4 is 21.8 Å². The lowest BCUT2D eigenvalue weighted by Gasteiger charge is -2.25. The van der Waals surface area contributed by atoms with E-state index in [1.807, 2.05) is 12.1 Å². The third-order valence-electron chi connectivity index (χ3n) is 5.93. The molecule has 2 aromatic rings. The molecule has 10 heteroatoms. The summed E-state index contributed by atoms with van der Waals surface area (Å²) in [5, 5.41) is 5.20. The van der Waals surface area contributed by atoms with Gasteiger partial charge in [0, 0.05) is 26.2 Å². The molecule has 9 nitrogen and oxygen atoms in total. The molecule has 0 atom stereocenters. The molecule has 0 unspecified atom stereocenters. The minimum Gasteiger partial charge on any atom is -0.493 e. The summed E-state index contributed by atoms with van der Waals surface area (Å²) in [6, 6.07) is 12.2. The van der Waals surface area contributed by atoms with Gasteiger partial charge in [-0.2, -0.15) is 4.31 Å². The van der Waals surface area contributed by atoms with E-state index in [-0.39, 0.29) is 11.4 Å². The number of hydrogen-bond acceptors (Lipinski definition) is 6. The number of piperidine rings is 1. The molecule has 1 saturated heterocycles. The Bertz CT molecular complexity index is 1110. The van der Waals surface area contributed by atoms with Gasteiger partial charge in [0.1, 0.15) is 0 Å². The van der Waals surface area contributed by atoms with Crippen molar-refractivity contribution in [3.63, 3.8) is 0 Å². The van der Waals surface area contributed by atoms with Crippen molar-refractivity contribution in [1.29, 1.82) is 0 Å². The topological polar surface area (TPSA) is 114 Å². The number of benzene rings is 2. The second-order valence-corrected chi connectivity index (χ2v) is 10.2. The van der Waals surface area contributed by atoms with Gasteiger partial charge in [-0.25, -0.2) is 8.42 Å². The van der Waals surface area contributed by atoms with Crippen molar-refractivity contribution in [3.8, 4) is 11.5 Å². The minimum atomic E-state index is -3.46. The quantitative estimate of drug-likeness (QED) is 0.479. The van der Waals surface area contributed by atoms with E-state index in [2.05, 4.69) is 10.6 Å². The molecule has 35 heavy (non-hydrogen) atoms. The van der Waals surface area contributed by atoms with Crippen LogP contribution in [0.5, 0.6) is 11.5 Å². The van der Waals surface area contributed by atoms with Crippen LogP contribution < -0.4 is 20.1 Å². The molecule has 1 fully saturated rings. The summed E-state index contributed by atoms with van der Waals surface area (Å²) in [6.45, 7) is 1.69. The molecule has 3 rings (SSSR count). The molecule has 0 aliphatic carbocycles. The molecular weight excluding hydrogens is 470 g/mol. The van der Waals surface area contributed by atoms with E-state index in [9.17, 15) is 18.0 Å². The summed E-state index contributed by atoms with van der Waals surface area (Å²) in [6.07, 6.45) is 3.86. The highest BCUT2D eigenvalue weighted by atomic mass is 32.2. The third-order valence-corrected chi connectivity index (χ3v) is 7.84. The number of ether oxygens (including phenoxy) is 2. The first-order chi connectivity index (χ1) is 16.8. The van der Waals surface area contributed by atoms with E-state index < -0.39 is 21.8 Å². The second-order valence-electron chi connectivity index (χ2n) is 8.31. The number of amides is 2. The maximum atomic E-state index is 12.7. The zero-order chi connectivity index (χ0) is 25.3. The first kappa shape index (κ1) is 26.5. The van der Waals surface area contributed by atoms with Crippen LogP contribution in [-0.4, -0.2) is 64.9 Å². The predicted octanol–water partition coefficient (Wildman–Crippen LogP) is 1.90. The standard InChI is InChI=1S/C25H33N3O6S/c1-33-22-11-8-20(18-23(22)34-2)13-15-27-25(30)24(29)26-14-12-19-6-9-21(10-7-19)35(31,32)28-16-4-3-5-17-28/h6-11,18H,3-5,12-17H2,1-2H3,(H,26,29)(H,27,30). The third kappa shape index (κ3) is 7.19. The van der Waals surface area contributed by atoms with E-state index in [1.54, 1.807) is 44.6 Å². The predicted molar refractivity (Wildman–Crippen MR) is 132 cm³/mol. The zero-order valence-corrected chi connectivity index (χ0v) is 21.0. The lowest BCUT2D eigenvalue weighted by molar-refractivity contribution is -0.139. The van der Waals surface area contributed by atoms with Gasteiger partial charge in [-0.05, 0) is 61.1 Å². The maximum Gasteiger partial charge on any atom is 0.309 e. The Morgan fingerprint density at radius 1 is 0.800 bits per heavy atom. The molecule has 2 amide bonds. The number of carbonyl (C=O) groups excluding carboxylic acids is 2. The Balaban J connectivity index is 1.40. The molecule has 1 aliphatic rings. The van der Waals surface area contributed by atoms with Gasteiger partial charge in [-0.3, -0.25) is 9.59 Å². The minimum absolute atomic E-state index is 0.264. The van der Waals surface area contributed by atoms with E-state index in [1.165, 1.54) is 4.31 Å². The molecule has 0 radical (unpaired) electrons. The van der Waals surface area contributed by atoms with Gasteiger partial charge in [0.25, 0.3) is 0 Å². The van der Waals surface area contributed by atoms with Gasteiger partial charge < -0.3 is 20.1 Å². The number of sulfonamides is 1. The highest BCUT2D eigenvalue weighted by Gasteiger charge is 2.25. The van der Waals surface area contributed by atoms with Crippen LogP contribution in [0.4, 0.5) is 0 Å². The van der Waals surface area contributed by atoms with Crippen LogP contribution in [0.15, 0.2) is 47.4 Å². The summed E-state index contributed by atoms with van der Waals surface area (Å²) in [5.41, 5.74) is 1.81. The summed E-state index contributed by atoms with van der Waals surface area (Å²) in [4.78, 5) is 24.4. The maximum absolute atomic E-state index is 12.7. The van der Waals surface area contributed by atoms with Gasteiger partial charge in [-0.1, -0.05) is 24.6 Å². The summed E-state index contributed by atoms with van der Waals surface area (Å²) in [5.74, 6) is -0.181. The van der Waals surface area contributed by atoms with Crippen molar-refractivity contribution in [2.45, 2.75) is 37.0 Å². The highest BCUT2D eigenvalue weighted by molar-refractivity contribution is 7.89. The van der Waals surface area contributed by atoms with Crippen LogP contribution in [0.25, 0.3) is 0 Å². The number of rotatable bonds is 10. The first-order valence-electron chi connectivity index (χ1n) is 11.7. The van der Waals surface area contributed by atoms with Crippen LogP contribution in [0.3, 0.4) is 0 Å². The average Bonchev–Trinajstić information content (AvgIpc) is 2.89. The molecule has 0 saturated carbocycles. The van der Waals surface area contributed by atoms with Crippen molar-refractivity contribution in [2.75, 3.05) is 40.4 Å². The van der Waals surface area contributed by atoms with Crippen molar-refractivity contribution in [1.82, 2.24) is 14.9 Å². The van der Waals surface area contributed by atoms with Gasteiger partial charge in [0.2, 0.25) is 10.0 Å². The van der Waals surface area contributed by atoms with Gasteiger partial charge >= 0.3 is 11.8 Å². The number of nitrogens with zero attached hydrogens (tertiary/aromatic N) is 1. The lowest BCUT2D eigenvalue weighted by atomic mass is 10.1. The van der Waals surface area contributed by atoms with Crippen molar-refractivity contribution in [3.05, 3.63) is 53.6 Å². The smallest absolute Gasteiger partial charge is 0.309 e. The van der Waals surface area contributed by atoms with Crippen molar-refractivity contribution in [2.24, 2.45) is 0 Å². The molecule has 190 valence electrons. The number of carbonyl (C=O) groups is 2. The monoisotopic (exact) mass is 503 g/mol. The fraction of sp³-hybridized carbons (Fsp3) is 0.440. The van der Waals surface area contributed by atoms with Crippen LogP contribution in [0, 0.1) is 0 Å². The van der Waals surface area contributed by atoms with E-state index in [0.29, 0.717) is 44.0 Å². The Kier molecular flexibility index (Phi) is 9.50. The molecule has 0 aromatic heterocycles. The van der Waals surface area contributed by atoms with E-state index in [4.69, 9.17) is 9.47 Å². The molecule has 0 spiro atoms. The normalized spacial score (nSPS) is 14.2. The Labute approximate surface area is 206 Å². The van der Waals surface area contributed by atoms with Gasteiger partial charge in [0.15, 0.2) is 11.5 Å². The molecule has 0 bridgehead atoms. The summed E-state index contributed by atoms with van der Waals surface area (Å²) < 4.78 is 37.5. The van der Waals surface area contributed by atoms with Crippen LogP contribution in [0.2, 0.25) is 0 Å². The number of nitrogens with one attached hydrogen (secondary N) is 2. The van der Waals surface area contributed by atoms with Gasteiger partial charge in [-0.15, -0.1) is 0 Å². The Morgan fingerprint density at radius 2 is 1.34 bits per heavy atom. The molecule has 1 heterocycles. The fourth-order valence-corrected chi connectivity index (χ4v) is 5.44. The molecule has 2 aromatic carbocycles. The SMILES string of the molecule is COc1ccc(CCNC(=O)C(=O)NCCc2ccc(S(=O)(=O)N3CCCCC3)cc2)cc1OC. The largest absolute Gasteiger partial charge is 0.493 e. The fourth-order valence-electron chi connectivity index (χ4n) is 3.92. The average molecular weight is 504 g/mol. The Morgan fingerprint density at radius 3 is 1.91 bits per heavy atom. The Hall–Kier alpha value is -3.11. The van der Waals surface area contributed by atoms with Crippen LogP contribution >= 0.6 is 0 Å². The molecule has 2 N–H and O–H groups in total. The zero-order valence-electron chi connectivity index (χ0n) is 20.2. The first-order valence-corrected chi connectivity index (χ1v) is 13.1. The van der Waals surface area contributed by atoms with E-state index in [0.717, 1.165) is 30.4 Å². The second kappa shape index (κ2) is 12.6. The summed E-state index contributed by atoms with van der Waals surface area (Å²) >= 11 is 0. The van der Waals surface area contributed by atoms with Gasteiger partial charge in [0.05, 0.1) is 19.1 Å². The van der Waals surface area contributed by atoms with Crippen LogP contribution in [0.1, 0.15) is 30.4 Å². The summed E-state index contributed by atoms with van der Waals surface area (Å²) in [7, 11) is -0.346. The van der Waals surface area contributed by atoms with Crippen LogP contribution in [-0.2, 0) is 32.5 Å². The lowest BCUT2D eigenvalue weighted by Crippen LogP contribution is -2.41. The molecule has 1 aliphatic heterocycles.